The molecule has 0 aliphatic carbocycles. The molecule has 1 aromatic heterocycles. The summed E-state index contributed by atoms with van der Waals surface area (Å²) in [6.45, 7) is 3.36. The summed E-state index contributed by atoms with van der Waals surface area (Å²) in [7, 11) is 0. The topological polar surface area (TPSA) is 59.7 Å². The van der Waals surface area contributed by atoms with Crippen molar-refractivity contribution < 1.29 is 18.7 Å². The molecule has 4 nitrogen and oxygen atoms in total. The van der Waals surface area contributed by atoms with Crippen LogP contribution >= 0.6 is 0 Å². The van der Waals surface area contributed by atoms with Crippen LogP contribution in [0.1, 0.15) is 19.4 Å². The monoisotopic (exact) mass is 340 g/mol. The first-order valence-corrected chi connectivity index (χ1v) is 8.08. The van der Waals surface area contributed by atoms with E-state index in [0.717, 1.165) is 5.56 Å². The lowest BCUT2D eigenvalue weighted by Crippen LogP contribution is -2.39. The molecule has 0 fully saturated rings. The molecule has 3 aromatic rings. The summed E-state index contributed by atoms with van der Waals surface area (Å²) >= 11 is 0. The van der Waals surface area contributed by atoms with Crippen LogP contribution in [0.15, 0.2) is 51.7 Å². The maximum Gasteiger partial charge on any atom is 0.344 e. The van der Waals surface area contributed by atoms with Gasteiger partial charge in [0.05, 0.1) is 11.2 Å². The predicted molar refractivity (Wildman–Crippen MR) is 92.3 cm³/mol. The fourth-order valence-corrected chi connectivity index (χ4v) is 3.17. The van der Waals surface area contributed by atoms with E-state index in [1.807, 2.05) is 0 Å². The van der Waals surface area contributed by atoms with E-state index in [1.165, 1.54) is 6.07 Å². The van der Waals surface area contributed by atoms with Gasteiger partial charge < -0.3 is 14.3 Å². The number of rotatable bonds is 2. The van der Waals surface area contributed by atoms with Gasteiger partial charge in [-0.3, -0.25) is 0 Å². The van der Waals surface area contributed by atoms with E-state index in [-0.39, 0.29) is 11.1 Å². The van der Waals surface area contributed by atoms with Gasteiger partial charge in [-0.1, -0.05) is 18.2 Å². The van der Waals surface area contributed by atoms with Crippen molar-refractivity contribution in [2.45, 2.75) is 32.0 Å². The average Bonchev–Trinajstić information content (AvgIpc) is 3.00. The molecular weight excluding hydrogens is 323 g/mol. The number of hydrogen-bond acceptors (Lipinski definition) is 4. The van der Waals surface area contributed by atoms with Crippen molar-refractivity contribution in [1.82, 2.24) is 0 Å². The van der Waals surface area contributed by atoms with E-state index in [2.05, 4.69) is 0 Å². The lowest BCUT2D eigenvalue weighted by molar-refractivity contribution is -0.0229. The molecule has 1 aliphatic rings. The summed E-state index contributed by atoms with van der Waals surface area (Å²) in [6, 6.07) is 11.3. The standard InChI is InChI=1S/C20H17FO4/c1-20(2,23)17-10-14-16(24-17)8-7-11-9-13(19(22)25-18(11)14)12-5-3-4-6-15(12)21/h3-9,17,23H,10H2,1-2H3. The van der Waals surface area contributed by atoms with Crippen molar-refractivity contribution in [3.63, 3.8) is 0 Å². The SMILES string of the molecule is CC(C)(O)C1Cc2c(ccc3cc(-c4ccccc4F)c(=O)oc23)O1. The predicted octanol–water partition coefficient (Wildman–Crippen LogP) is 3.67. The molecule has 0 amide bonds. The zero-order valence-electron chi connectivity index (χ0n) is 13.9. The lowest BCUT2D eigenvalue weighted by atomic mass is 9.96. The maximum absolute atomic E-state index is 14.0. The van der Waals surface area contributed by atoms with Gasteiger partial charge in [-0.2, -0.15) is 0 Å². The Morgan fingerprint density at radius 3 is 2.64 bits per heavy atom. The second kappa shape index (κ2) is 5.43. The van der Waals surface area contributed by atoms with Crippen molar-refractivity contribution in [2.24, 2.45) is 0 Å². The van der Waals surface area contributed by atoms with Crippen molar-refractivity contribution in [3.05, 3.63) is 64.3 Å². The zero-order chi connectivity index (χ0) is 17.8. The first-order valence-electron chi connectivity index (χ1n) is 8.08. The van der Waals surface area contributed by atoms with E-state index in [0.29, 0.717) is 23.1 Å². The normalized spacial score (nSPS) is 16.7. The van der Waals surface area contributed by atoms with Crippen molar-refractivity contribution in [2.75, 3.05) is 0 Å². The molecule has 0 spiro atoms. The molecule has 2 aromatic carbocycles. The number of halogens is 1. The van der Waals surface area contributed by atoms with Gasteiger partial charge >= 0.3 is 5.63 Å². The van der Waals surface area contributed by atoms with Gasteiger partial charge in [0.2, 0.25) is 0 Å². The molecule has 2 heterocycles. The first-order chi connectivity index (χ1) is 11.8. The molecule has 128 valence electrons. The Labute approximate surface area is 143 Å². The molecule has 5 heteroatoms. The minimum atomic E-state index is -1.02. The van der Waals surface area contributed by atoms with Crippen molar-refractivity contribution >= 4 is 11.0 Å². The van der Waals surface area contributed by atoms with Crippen LogP contribution in [0.4, 0.5) is 4.39 Å². The second-order valence-corrected chi connectivity index (χ2v) is 6.85. The summed E-state index contributed by atoms with van der Waals surface area (Å²) in [6.07, 6.45) is 0.0303. The van der Waals surface area contributed by atoms with Gasteiger partial charge in [-0.15, -0.1) is 0 Å². The molecule has 0 bridgehead atoms. The minimum absolute atomic E-state index is 0.184. The Morgan fingerprint density at radius 2 is 1.92 bits per heavy atom. The smallest absolute Gasteiger partial charge is 0.344 e. The molecule has 25 heavy (non-hydrogen) atoms. The highest BCUT2D eigenvalue weighted by atomic mass is 19.1. The van der Waals surface area contributed by atoms with Crippen LogP contribution in [0.5, 0.6) is 5.75 Å². The minimum Gasteiger partial charge on any atom is -0.487 e. The van der Waals surface area contributed by atoms with E-state index in [9.17, 15) is 14.3 Å². The average molecular weight is 340 g/mol. The molecule has 4 rings (SSSR count). The van der Waals surface area contributed by atoms with Crippen LogP contribution < -0.4 is 10.4 Å². The molecule has 0 saturated heterocycles. The van der Waals surface area contributed by atoms with Gasteiger partial charge in [0.25, 0.3) is 0 Å². The van der Waals surface area contributed by atoms with E-state index in [1.54, 1.807) is 50.2 Å². The summed E-state index contributed by atoms with van der Waals surface area (Å²) < 4.78 is 25.3. The number of fused-ring (bicyclic) bond motifs is 3. The molecule has 0 saturated carbocycles. The quantitative estimate of drug-likeness (QED) is 0.723. The maximum atomic E-state index is 14.0. The molecule has 1 aliphatic heterocycles. The third kappa shape index (κ3) is 2.61. The number of aliphatic hydroxyl groups is 1. The van der Waals surface area contributed by atoms with E-state index >= 15 is 0 Å². The first kappa shape index (κ1) is 15.8. The van der Waals surface area contributed by atoms with Gasteiger partial charge in [0.1, 0.15) is 23.3 Å². The summed E-state index contributed by atoms with van der Waals surface area (Å²) in [5, 5.41) is 10.9. The lowest BCUT2D eigenvalue weighted by Gasteiger charge is -2.24. The van der Waals surface area contributed by atoms with Crippen LogP contribution in [0.3, 0.4) is 0 Å². The highest BCUT2D eigenvalue weighted by Gasteiger charge is 2.36. The molecule has 1 atom stereocenters. The third-order valence-corrected chi connectivity index (χ3v) is 4.57. The van der Waals surface area contributed by atoms with E-state index < -0.39 is 23.1 Å². The Balaban J connectivity index is 1.88. The number of benzene rings is 2. The van der Waals surface area contributed by atoms with E-state index in [4.69, 9.17) is 9.15 Å². The fraction of sp³-hybridized carbons (Fsp3) is 0.250. The second-order valence-electron chi connectivity index (χ2n) is 6.85. The molecule has 1 N–H and O–H groups in total. The largest absolute Gasteiger partial charge is 0.487 e. The van der Waals surface area contributed by atoms with Crippen molar-refractivity contribution in [1.29, 1.82) is 0 Å². The molecular formula is C20H17FO4. The number of hydrogen-bond donors (Lipinski definition) is 1. The van der Waals surface area contributed by atoms with Crippen LogP contribution in [0, 0.1) is 5.82 Å². The summed E-state index contributed by atoms with van der Waals surface area (Å²) in [4.78, 5) is 12.4. The van der Waals surface area contributed by atoms with Crippen LogP contribution in [0.25, 0.3) is 22.1 Å². The van der Waals surface area contributed by atoms with Crippen molar-refractivity contribution in [3.8, 4) is 16.9 Å². The van der Waals surface area contributed by atoms with Crippen LogP contribution in [0.2, 0.25) is 0 Å². The highest BCUT2D eigenvalue weighted by molar-refractivity contribution is 5.86. The van der Waals surface area contributed by atoms with Gasteiger partial charge in [0, 0.05) is 22.9 Å². The van der Waals surface area contributed by atoms with Gasteiger partial charge in [-0.05, 0) is 38.1 Å². The van der Waals surface area contributed by atoms with Crippen LogP contribution in [-0.2, 0) is 6.42 Å². The van der Waals surface area contributed by atoms with Crippen LogP contribution in [-0.4, -0.2) is 16.8 Å². The Bertz CT molecular complexity index is 1030. The fourth-order valence-electron chi connectivity index (χ4n) is 3.17. The molecule has 0 radical (unpaired) electrons. The Kier molecular flexibility index (Phi) is 3.44. The summed E-state index contributed by atoms with van der Waals surface area (Å²) in [5.74, 6) is 0.127. The van der Waals surface area contributed by atoms with Gasteiger partial charge in [0.15, 0.2) is 0 Å². The third-order valence-electron chi connectivity index (χ3n) is 4.57. The Hall–Kier alpha value is -2.66. The summed E-state index contributed by atoms with van der Waals surface area (Å²) in [5.41, 5.74) is -0.0414. The molecule has 1 unspecified atom stereocenters. The zero-order valence-corrected chi connectivity index (χ0v) is 13.9. The highest BCUT2D eigenvalue weighted by Crippen LogP contribution is 2.38. The number of ether oxygens (including phenoxy) is 1. The van der Waals surface area contributed by atoms with Gasteiger partial charge in [-0.25, -0.2) is 9.18 Å². The Morgan fingerprint density at radius 1 is 1.16 bits per heavy atom.